The minimum atomic E-state index is -0.231. The highest BCUT2D eigenvalue weighted by Gasteiger charge is 2.43. The smallest absolute Gasteiger partial charge is 0.0827 e. The maximum Gasteiger partial charge on any atom is 0.0827 e. The lowest BCUT2D eigenvalue weighted by atomic mass is 9.75. The number of nitrogens with zero attached hydrogens (tertiary/aromatic N) is 1. The van der Waals surface area contributed by atoms with Crippen LogP contribution >= 0.6 is 0 Å². The van der Waals surface area contributed by atoms with Gasteiger partial charge in [-0.3, -0.25) is 4.90 Å². The number of hydrogen-bond acceptors (Lipinski definition) is 2. The standard InChI is InChI=1S/C25H31NO/c27-25-22-11-5-9-20-8-4-10-21(24(20)22)23(25)16-18-12-14-26(15-13-18)17-19-6-2-1-3-7-19/h1-3,5-7,9,11,18,21,23,25,27H,4,8,10,12-17H2. The van der Waals surface area contributed by atoms with Gasteiger partial charge in [0.15, 0.2) is 0 Å². The first kappa shape index (κ1) is 17.5. The Balaban J connectivity index is 1.22. The van der Waals surface area contributed by atoms with Crippen LogP contribution in [-0.2, 0) is 13.0 Å². The summed E-state index contributed by atoms with van der Waals surface area (Å²) in [5.74, 6) is 1.84. The van der Waals surface area contributed by atoms with E-state index in [1.807, 2.05) is 0 Å². The third kappa shape index (κ3) is 3.34. The lowest BCUT2D eigenvalue weighted by Gasteiger charge is -2.35. The van der Waals surface area contributed by atoms with Crippen LogP contribution < -0.4 is 0 Å². The average molecular weight is 362 g/mol. The van der Waals surface area contributed by atoms with E-state index in [0.717, 1.165) is 12.5 Å². The zero-order chi connectivity index (χ0) is 18.2. The van der Waals surface area contributed by atoms with Gasteiger partial charge in [0.25, 0.3) is 0 Å². The van der Waals surface area contributed by atoms with E-state index in [1.165, 1.54) is 73.9 Å². The molecule has 1 heterocycles. The molecular formula is C25H31NO. The van der Waals surface area contributed by atoms with Crippen molar-refractivity contribution >= 4 is 0 Å². The van der Waals surface area contributed by atoms with E-state index >= 15 is 0 Å². The van der Waals surface area contributed by atoms with Crippen molar-refractivity contribution in [1.82, 2.24) is 4.90 Å². The van der Waals surface area contributed by atoms with Gasteiger partial charge in [0, 0.05) is 6.54 Å². The second-order valence-electron chi connectivity index (χ2n) is 8.97. The van der Waals surface area contributed by atoms with E-state index < -0.39 is 0 Å². The molecule has 0 amide bonds. The first-order valence-electron chi connectivity index (χ1n) is 10.9. The molecule has 142 valence electrons. The Morgan fingerprint density at radius 3 is 2.56 bits per heavy atom. The lowest BCUT2D eigenvalue weighted by Crippen LogP contribution is -2.34. The highest BCUT2D eigenvalue weighted by molar-refractivity contribution is 5.45. The molecule has 2 aromatic carbocycles. The summed E-state index contributed by atoms with van der Waals surface area (Å²) < 4.78 is 0. The molecule has 3 atom stereocenters. The van der Waals surface area contributed by atoms with Gasteiger partial charge >= 0.3 is 0 Å². The Morgan fingerprint density at radius 2 is 1.74 bits per heavy atom. The number of likely N-dealkylation sites (tertiary alicyclic amines) is 1. The van der Waals surface area contributed by atoms with E-state index in [0.29, 0.717) is 11.8 Å². The Morgan fingerprint density at radius 1 is 0.926 bits per heavy atom. The molecule has 0 spiro atoms. The topological polar surface area (TPSA) is 23.5 Å². The Labute approximate surface area is 163 Å². The zero-order valence-electron chi connectivity index (χ0n) is 16.2. The SMILES string of the molecule is OC1c2cccc3c2C(CCC3)C1CC1CCN(Cc2ccccc2)CC1. The third-order valence-electron chi connectivity index (χ3n) is 7.36. The molecule has 1 saturated heterocycles. The molecule has 0 bridgehead atoms. The quantitative estimate of drug-likeness (QED) is 0.821. The van der Waals surface area contributed by atoms with Crippen molar-refractivity contribution in [1.29, 1.82) is 0 Å². The van der Waals surface area contributed by atoms with Crippen LogP contribution in [0, 0.1) is 11.8 Å². The number of aliphatic hydroxyl groups is 1. The number of hydrogen-bond donors (Lipinski definition) is 1. The molecule has 2 aromatic rings. The predicted molar refractivity (Wildman–Crippen MR) is 110 cm³/mol. The summed E-state index contributed by atoms with van der Waals surface area (Å²) in [6.07, 6.45) is 7.32. The fraction of sp³-hybridized carbons (Fsp3) is 0.520. The highest BCUT2D eigenvalue weighted by Crippen LogP contribution is 2.53. The average Bonchev–Trinajstić information content (AvgIpc) is 2.98. The van der Waals surface area contributed by atoms with Gasteiger partial charge in [-0.15, -0.1) is 0 Å². The van der Waals surface area contributed by atoms with Gasteiger partial charge in [0.2, 0.25) is 0 Å². The first-order valence-corrected chi connectivity index (χ1v) is 10.9. The molecule has 1 aliphatic heterocycles. The van der Waals surface area contributed by atoms with Gasteiger partial charge in [0.05, 0.1) is 6.10 Å². The highest BCUT2D eigenvalue weighted by atomic mass is 16.3. The summed E-state index contributed by atoms with van der Waals surface area (Å²) in [6.45, 7) is 3.48. The van der Waals surface area contributed by atoms with Crippen molar-refractivity contribution in [3.8, 4) is 0 Å². The molecule has 2 heteroatoms. The fourth-order valence-electron chi connectivity index (χ4n) is 6.00. The summed E-state index contributed by atoms with van der Waals surface area (Å²) in [5, 5.41) is 11.1. The number of piperidine rings is 1. The van der Waals surface area contributed by atoms with Gasteiger partial charge in [0.1, 0.15) is 0 Å². The number of aryl methyl sites for hydroxylation is 1. The maximum atomic E-state index is 11.1. The molecule has 3 unspecified atom stereocenters. The van der Waals surface area contributed by atoms with Crippen LogP contribution in [-0.4, -0.2) is 23.1 Å². The molecule has 1 N–H and O–H groups in total. The maximum absolute atomic E-state index is 11.1. The summed E-state index contributed by atoms with van der Waals surface area (Å²) >= 11 is 0. The molecule has 0 aromatic heterocycles. The molecule has 5 rings (SSSR count). The molecular weight excluding hydrogens is 330 g/mol. The normalized spacial score (nSPS) is 28.3. The second kappa shape index (κ2) is 7.41. The van der Waals surface area contributed by atoms with E-state index in [2.05, 4.69) is 53.4 Å². The van der Waals surface area contributed by atoms with Crippen molar-refractivity contribution < 1.29 is 5.11 Å². The van der Waals surface area contributed by atoms with Gasteiger partial charge < -0.3 is 5.11 Å². The Hall–Kier alpha value is -1.64. The Kier molecular flexibility index (Phi) is 4.79. The van der Waals surface area contributed by atoms with Crippen LogP contribution in [0.25, 0.3) is 0 Å². The molecule has 0 radical (unpaired) electrons. The van der Waals surface area contributed by atoms with Crippen molar-refractivity contribution in [2.45, 2.75) is 57.1 Å². The molecule has 2 nitrogen and oxygen atoms in total. The fourth-order valence-corrected chi connectivity index (χ4v) is 6.00. The van der Waals surface area contributed by atoms with E-state index in [4.69, 9.17) is 0 Å². The summed E-state index contributed by atoms with van der Waals surface area (Å²) in [6, 6.07) is 17.5. The van der Waals surface area contributed by atoms with Crippen molar-refractivity contribution in [3.63, 3.8) is 0 Å². The zero-order valence-corrected chi connectivity index (χ0v) is 16.2. The summed E-state index contributed by atoms with van der Waals surface area (Å²) in [5.41, 5.74) is 5.72. The largest absolute Gasteiger partial charge is 0.388 e. The van der Waals surface area contributed by atoms with Crippen LogP contribution in [0.15, 0.2) is 48.5 Å². The molecule has 0 saturated carbocycles. The van der Waals surface area contributed by atoms with Gasteiger partial charge in [-0.2, -0.15) is 0 Å². The lowest BCUT2D eigenvalue weighted by molar-refractivity contribution is 0.0754. The summed E-state index contributed by atoms with van der Waals surface area (Å²) in [7, 11) is 0. The predicted octanol–water partition coefficient (Wildman–Crippen LogP) is 5.07. The number of benzene rings is 2. The van der Waals surface area contributed by atoms with E-state index in [1.54, 1.807) is 0 Å². The van der Waals surface area contributed by atoms with Crippen molar-refractivity contribution in [2.75, 3.05) is 13.1 Å². The van der Waals surface area contributed by atoms with E-state index in [9.17, 15) is 5.11 Å². The van der Waals surface area contributed by atoms with Crippen LogP contribution in [0.5, 0.6) is 0 Å². The van der Waals surface area contributed by atoms with Gasteiger partial charge in [-0.1, -0.05) is 48.5 Å². The van der Waals surface area contributed by atoms with E-state index in [-0.39, 0.29) is 6.10 Å². The van der Waals surface area contributed by atoms with Crippen LogP contribution in [0.1, 0.15) is 66.4 Å². The minimum absolute atomic E-state index is 0.231. The number of aliphatic hydroxyl groups excluding tert-OH is 1. The van der Waals surface area contributed by atoms with Crippen molar-refractivity contribution in [3.05, 3.63) is 70.8 Å². The monoisotopic (exact) mass is 361 g/mol. The molecule has 3 aliphatic rings. The van der Waals surface area contributed by atoms with Gasteiger partial charge in [-0.05, 0) is 91.6 Å². The Bertz CT molecular complexity index is 778. The minimum Gasteiger partial charge on any atom is -0.388 e. The van der Waals surface area contributed by atoms with Crippen LogP contribution in [0.2, 0.25) is 0 Å². The first-order chi connectivity index (χ1) is 13.3. The van der Waals surface area contributed by atoms with Crippen LogP contribution in [0.4, 0.5) is 0 Å². The van der Waals surface area contributed by atoms with Crippen molar-refractivity contribution in [2.24, 2.45) is 11.8 Å². The molecule has 27 heavy (non-hydrogen) atoms. The molecule has 1 fully saturated rings. The summed E-state index contributed by atoms with van der Waals surface area (Å²) in [4.78, 5) is 2.60. The van der Waals surface area contributed by atoms with Crippen LogP contribution in [0.3, 0.4) is 0 Å². The second-order valence-corrected chi connectivity index (χ2v) is 8.97. The number of rotatable bonds is 4. The van der Waals surface area contributed by atoms with Gasteiger partial charge in [-0.25, -0.2) is 0 Å². The molecule has 2 aliphatic carbocycles. The third-order valence-corrected chi connectivity index (χ3v) is 7.36.